The number of piperidine rings is 1. The Morgan fingerprint density at radius 2 is 1.71 bits per heavy atom. The number of carbonyl (C=O) groups excluding carboxylic acids is 1. The van der Waals surface area contributed by atoms with Crippen LogP contribution in [0.2, 0.25) is 0 Å². The number of amides is 1. The first-order valence-corrected chi connectivity index (χ1v) is 6.00. The molecular weight excluding hydrogens is 224 g/mol. The summed E-state index contributed by atoms with van der Waals surface area (Å²) in [7, 11) is 0. The number of nitrogens with zero attached hydrogens (tertiary/aromatic N) is 1. The predicted octanol–water partition coefficient (Wildman–Crippen LogP) is -0.432. The van der Waals surface area contributed by atoms with Crippen LogP contribution in [-0.2, 0) is 14.3 Å². The number of hydrogen-bond acceptors (Lipinski definition) is 4. The monoisotopic (exact) mass is 242 g/mol. The van der Waals surface area contributed by atoms with Gasteiger partial charge in [0.2, 0.25) is 0 Å². The smallest absolute Gasteiger partial charge is 0.332 e. The highest BCUT2D eigenvalue weighted by Gasteiger charge is 2.37. The molecular formula is C11H18N2O4. The third-order valence-electron chi connectivity index (χ3n) is 3.42. The molecule has 2 aliphatic heterocycles. The summed E-state index contributed by atoms with van der Waals surface area (Å²) in [6.45, 7) is 1.30. The van der Waals surface area contributed by atoms with Gasteiger partial charge in [0.1, 0.15) is 6.10 Å². The Kier molecular flexibility index (Phi) is 3.63. The molecule has 0 aromatic heterocycles. The number of rotatable bonds is 2. The van der Waals surface area contributed by atoms with Crippen LogP contribution in [0, 0.1) is 0 Å². The van der Waals surface area contributed by atoms with Crippen LogP contribution < -0.4 is 5.73 Å². The summed E-state index contributed by atoms with van der Waals surface area (Å²) in [5.74, 6) is -1.07. The molecule has 6 nitrogen and oxygen atoms in total. The van der Waals surface area contributed by atoms with Crippen LogP contribution in [-0.4, -0.2) is 53.2 Å². The number of hydrogen-bond donors (Lipinski definition) is 2. The van der Waals surface area contributed by atoms with E-state index in [9.17, 15) is 9.59 Å². The van der Waals surface area contributed by atoms with E-state index in [-0.39, 0.29) is 11.9 Å². The van der Waals surface area contributed by atoms with Crippen LogP contribution in [0.1, 0.15) is 25.7 Å². The van der Waals surface area contributed by atoms with Gasteiger partial charge in [-0.3, -0.25) is 4.79 Å². The van der Waals surface area contributed by atoms with Crippen molar-refractivity contribution in [2.75, 3.05) is 13.1 Å². The molecule has 0 bridgehead atoms. The molecule has 1 amide bonds. The topological polar surface area (TPSA) is 92.9 Å². The fourth-order valence-corrected chi connectivity index (χ4v) is 2.32. The van der Waals surface area contributed by atoms with Crippen molar-refractivity contribution >= 4 is 11.9 Å². The van der Waals surface area contributed by atoms with Gasteiger partial charge in [0.25, 0.3) is 5.91 Å². The Morgan fingerprint density at radius 1 is 1.12 bits per heavy atom. The lowest BCUT2D eigenvalue weighted by molar-refractivity contribution is -0.155. The lowest BCUT2D eigenvalue weighted by atomic mass is 10.1. The molecule has 17 heavy (non-hydrogen) atoms. The fourth-order valence-electron chi connectivity index (χ4n) is 2.32. The molecule has 0 saturated carbocycles. The number of carboxylic acid groups (broad SMARTS) is 1. The standard InChI is InChI=1S/C11H18N2O4/c12-7-3-5-13(6-4-7)10(14)8-1-2-9(17-8)11(15)16/h7-9H,1-6,12H2,(H,15,16)/t8-,9+/m0/s1. The first kappa shape index (κ1) is 12.3. The molecule has 2 heterocycles. The molecule has 0 aromatic rings. The third-order valence-corrected chi connectivity index (χ3v) is 3.42. The summed E-state index contributed by atoms with van der Waals surface area (Å²) in [5.41, 5.74) is 5.77. The molecule has 0 unspecified atom stereocenters. The van der Waals surface area contributed by atoms with Crippen LogP contribution in [0.5, 0.6) is 0 Å². The van der Waals surface area contributed by atoms with Crippen molar-refractivity contribution in [1.29, 1.82) is 0 Å². The van der Waals surface area contributed by atoms with Crippen molar-refractivity contribution in [3.63, 3.8) is 0 Å². The Balaban J connectivity index is 1.86. The van der Waals surface area contributed by atoms with Crippen LogP contribution in [0.4, 0.5) is 0 Å². The molecule has 2 aliphatic rings. The number of ether oxygens (including phenoxy) is 1. The average molecular weight is 242 g/mol. The summed E-state index contributed by atoms with van der Waals surface area (Å²) < 4.78 is 5.24. The minimum absolute atomic E-state index is 0.0827. The zero-order valence-corrected chi connectivity index (χ0v) is 9.67. The Bertz CT molecular complexity index is 313. The second-order valence-corrected chi connectivity index (χ2v) is 4.69. The molecule has 2 atom stereocenters. The van der Waals surface area contributed by atoms with Crippen molar-refractivity contribution in [3.05, 3.63) is 0 Å². The zero-order chi connectivity index (χ0) is 12.4. The molecule has 2 rings (SSSR count). The second-order valence-electron chi connectivity index (χ2n) is 4.69. The van der Waals surface area contributed by atoms with Crippen molar-refractivity contribution in [1.82, 2.24) is 4.90 Å². The summed E-state index contributed by atoms with van der Waals surface area (Å²) in [5, 5.41) is 8.79. The highest BCUT2D eigenvalue weighted by Crippen LogP contribution is 2.22. The number of aliphatic carboxylic acids is 1. The first-order chi connectivity index (χ1) is 8.08. The largest absolute Gasteiger partial charge is 0.479 e. The quantitative estimate of drug-likeness (QED) is 0.685. The molecule has 2 saturated heterocycles. The van der Waals surface area contributed by atoms with Crippen LogP contribution >= 0.6 is 0 Å². The summed E-state index contributed by atoms with van der Waals surface area (Å²) in [4.78, 5) is 24.5. The number of carbonyl (C=O) groups is 2. The Morgan fingerprint density at radius 3 is 2.24 bits per heavy atom. The Labute approximate surface area is 99.7 Å². The molecule has 0 radical (unpaired) electrons. The molecule has 96 valence electrons. The van der Waals surface area contributed by atoms with Crippen LogP contribution in [0.25, 0.3) is 0 Å². The van der Waals surface area contributed by atoms with Gasteiger partial charge in [-0.05, 0) is 25.7 Å². The highest BCUT2D eigenvalue weighted by atomic mass is 16.5. The first-order valence-electron chi connectivity index (χ1n) is 6.00. The van der Waals surface area contributed by atoms with Crippen molar-refractivity contribution < 1.29 is 19.4 Å². The minimum atomic E-state index is -0.985. The van der Waals surface area contributed by atoms with Gasteiger partial charge in [-0.1, -0.05) is 0 Å². The van der Waals surface area contributed by atoms with Crippen molar-refractivity contribution in [2.24, 2.45) is 5.73 Å². The van der Waals surface area contributed by atoms with Gasteiger partial charge < -0.3 is 20.5 Å². The third kappa shape index (κ3) is 2.76. The maximum atomic E-state index is 12.0. The number of likely N-dealkylation sites (tertiary alicyclic amines) is 1. The van der Waals surface area contributed by atoms with Gasteiger partial charge in [-0.2, -0.15) is 0 Å². The fraction of sp³-hybridized carbons (Fsp3) is 0.818. The van der Waals surface area contributed by atoms with E-state index < -0.39 is 18.2 Å². The molecule has 2 fully saturated rings. The van der Waals surface area contributed by atoms with E-state index in [0.717, 1.165) is 12.8 Å². The van der Waals surface area contributed by atoms with Gasteiger partial charge in [0.15, 0.2) is 6.10 Å². The van der Waals surface area contributed by atoms with Crippen LogP contribution in [0.15, 0.2) is 0 Å². The van der Waals surface area contributed by atoms with E-state index in [0.29, 0.717) is 25.9 Å². The van der Waals surface area contributed by atoms with Crippen LogP contribution in [0.3, 0.4) is 0 Å². The summed E-state index contributed by atoms with van der Waals surface area (Å²) in [6.07, 6.45) is 1.13. The normalized spacial score (nSPS) is 30.5. The lowest BCUT2D eigenvalue weighted by Gasteiger charge is -2.31. The van der Waals surface area contributed by atoms with E-state index in [2.05, 4.69) is 0 Å². The molecule has 3 N–H and O–H groups in total. The van der Waals surface area contributed by atoms with Crippen molar-refractivity contribution in [3.8, 4) is 0 Å². The van der Waals surface area contributed by atoms with Gasteiger partial charge in [-0.15, -0.1) is 0 Å². The maximum Gasteiger partial charge on any atom is 0.332 e. The van der Waals surface area contributed by atoms with Gasteiger partial charge in [0.05, 0.1) is 0 Å². The zero-order valence-electron chi connectivity index (χ0n) is 9.67. The molecule has 0 aromatic carbocycles. The van der Waals surface area contributed by atoms with Crippen molar-refractivity contribution in [2.45, 2.75) is 43.9 Å². The minimum Gasteiger partial charge on any atom is -0.479 e. The average Bonchev–Trinajstić information content (AvgIpc) is 2.78. The Hall–Kier alpha value is -1.14. The van der Waals surface area contributed by atoms with Gasteiger partial charge >= 0.3 is 5.97 Å². The predicted molar refractivity (Wildman–Crippen MR) is 59.3 cm³/mol. The van der Waals surface area contributed by atoms with E-state index in [1.165, 1.54) is 0 Å². The molecule has 0 aliphatic carbocycles. The lowest BCUT2D eigenvalue weighted by Crippen LogP contribution is -2.46. The van der Waals surface area contributed by atoms with Gasteiger partial charge in [0, 0.05) is 19.1 Å². The highest BCUT2D eigenvalue weighted by molar-refractivity contribution is 5.82. The summed E-state index contributed by atoms with van der Waals surface area (Å²) in [6, 6.07) is 0.176. The maximum absolute atomic E-state index is 12.0. The van der Waals surface area contributed by atoms with E-state index >= 15 is 0 Å². The summed E-state index contributed by atoms with van der Waals surface area (Å²) >= 11 is 0. The number of nitrogens with two attached hydrogens (primary N) is 1. The SMILES string of the molecule is NC1CCN(C(=O)[C@@H]2CC[C@H](C(=O)O)O2)CC1. The van der Waals surface area contributed by atoms with E-state index in [4.69, 9.17) is 15.6 Å². The number of carboxylic acids is 1. The van der Waals surface area contributed by atoms with E-state index in [1.807, 2.05) is 0 Å². The van der Waals surface area contributed by atoms with E-state index in [1.54, 1.807) is 4.90 Å². The second kappa shape index (κ2) is 5.01. The molecule has 6 heteroatoms. The molecule has 0 spiro atoms. The van der Waals surface area contributed by atoms with Gasteiger partial charge in [-0.25, -0.2) is 4.79 Å².